The van der Waals surface area contributed by atoms with Gasteiger partial charge in [0, 0.05) is 31.8 Å². The van der Waals surface area contributed by atoms with E-state index in [2.05, 4.69) is 13.0 Å². The highest BCUT2D eigenvalue weighted by Gasteiger charge is 2.30. The maximum absolute atomic E-state index is 12.9. The average molecular weight is 298 g/mol. The molecule has 1 heterocycles. The van der Waals surface area contributed by atoms with Crippen LogP contribution < -0.4 is 5.73 Å². The number of piperidine rings is 1. The van der Waals surface area contributed by atoms with Crippen molar-refractivity contribution in [2.75, 3.05) is 20.2 Å². The van der Waals surface area contributed by atoms with E-state index in [1.165, 1.54) is 5.56 Å². The lowest BCUT2D eigenvalue weighted by Crippen LogP contribution is -2.53. The molecule has 1 saturated heterocycles. The number of nitrogens with two attached hydrogens (primary N) is 1. The number of carbonyl (C=O) groups excluding carboxylic acids is 1. The number of likely N-dealkylation sites (tertiary alicyclic amines) is 1. The molecule has 0 unspecified atom stereocenters. The smallest absolute Gasteiger partial charge is 0.254 e. The van der Waals surface area contributed by atoms with Crippen molar-refractivity contribution in [1.29, 1.82) is 0 Å². The number of methoxy groups -OCH3 is 1. The van der Waals surface area contributed by atoms with Crippen LogP contribution in [0, 0.1) is 6.92 Å². The molecular weight excluding hydrogens is 276 g/mol. The van der Waals surface area contributed by atoms with Crippen LogP contribution in [0.15, 0.2) is 36.4 Å². The highest BCUT2D eigenvalue weighted by atomic mass is 16.5. The highest BCUT2D eigenvalue weighted by molar-refractivity contribution is 6.07. The fourth-order valence-corrected chi connectivity index (χ4v) is 3.18. The molecule has 4 nitrogen and oxygen atoms in total. The fourth-order valence-electron chi connectivity index (χ4n) is 3.18. The number of rotatable bonds is 2. The summed E-state index contributed by atoms with van der Waals surface area (Å²) in [4.78, 5) is 14.8. The van der Waals surface area contributed by atoms with Gasteiger partial charge in [-0.1, -0.05) is 30.3 Å². The lowest BCUT2D eigenvalue weighted by atomic mass is 9.97. The second-order valence-electron chi connectivity index (χ2n) is 5.95. The van der Waals surface area contributed by atoms with Gasteiger partial charge < -0.3 is 15.4 Å². The van der Waals surface area contributed by atoms with Crippen LogP contribution in [-0.4, -0.2) is 43.2 Å². The summed E-state index contributed by atoms with van der Waals surface area (Å²) in [7, 11) is 1.65. The number of hydrogen-bond donors (Lipinski definition) is 1. The number of hydrogen-bond acceptors (Lipinski definition) is 3. The predicted molar refractivity (Wildman–Crippen MR) is 88.0 cm³/mol. The molecule has 2 aromatic rings. The maximum Gasteiger partial charge on any atom is 0.254 e. The lowest BCUT2D eigenvalue weighted by molar-refractivity contribution is 0.0163. The van der Waals surface area contributed by atoms with Gasteiger partial charge in [0.15, 0.2) is 0 Å². The number of amides is 1. The standard InChI is InChI=1S/C18H22N2O2/c1-12-7-8-15(14-6-4-3-5-13(12)14)18(21)20-10-9-16(19)17(11-20)22-2/h3-8,16-17H,9-11,19H2,1-2H3/t16-,17+/m0/s1. The van der Waals surface area contributed by atoms with Crippen LogP contribution in [0.2, 0.25) is 0 Å². The van der Waals surface area contributed by atoms with Gasteiger partial charge >= 0.3 is 0 Å². The van der Waals surface area contributed by atoms with E-state index < -0.39 is 0 Å². The van der Waals surface area contributed by atoms with Gasteiger partial charge in [-0.25, -0.2) is 0 Å². The van der Waals surface area contributed by atoms with Crippen LogP contribution in [-0.2, 0) is 4.74 Å². The largest absolute Gasteiger partial charge is 0.378 e. The Labute approximate surface area is 130 Å². The summed E-state index contributed by atoms with van der Waals surface area (Å²) in [6.07, 6.45) is 0.683. The Kier molecular flexibility index (Phi) is 4.14. The van der Waals surface area contributed by atoms with E-state index in [0.717, 1.165) is 22.8 Å². The molecule has 22 heavy (non-hydrogen) atoms. The van der Waals surface area contributed by atoms with Gasteiger partial charge in [0.1, 0.15) is 0 Å². The molecule has 1 aliphatic rings. The molecule has 1 aliphatic heterocycles. The van der Waals surface area contributed by atoms with Crippen molar-refractivity contribution in [1.82, 2.24) is 4.90 Å². The minimum absolute atomic E-state index is 0.00353. The SMILES string of the molecule is CO[C@@H]1CN(C(=O)c2ccc(C)c3ccccc23)CC[C@@H]1N. The van der Waals surface area contributed by atoms with E-state index in [9.17, 15) is 4.79 Å². The van der Waals surface area contributed by atoms with Crippen LogP contribution >= 0.6 is 0 Å². The molecule has 1 fully saturated rings. The number of ether oxygens (including phenoxy) is 1. The molecule has 0 spiro atoms. The lowest BCUT2D eigenvalue weighted by Gasteiger charge is -2.36. The second-order valence-corrected chi connectivity index (χ2v) is 5.95. The van der Waals surface area contributed by atoms with Gasteiger partial charge in [-0.15, -0.1) is 0 Å². The quantitative estimate of drug-likeness (QED) is 0.926. The summed E-state index contributed by atoms with van der Waals surface area (Å²) in [5.41, 5.74) is 7.98. The van der Waals surface area contributed by atoms with E-state index in [-0.39, 0.29) is 18.1 Å². The minimum Gasteiger partial charge on any atom is -0.378 e. The first-order chi connectivity index (χ1) is 10.6. The van der Waals surface area contributed by atoms with E-state index in [0.29, 0.717) is 13.1 Å². The first-order valence-electron chi connectivity index (χ1n) is 7.68. The van der Waals surface area contributed by atoms with Crippen molar-refractivity contribution >= 4 is 16.7 Å². The van der Waals surface area contributed by atoms with Gasteiger partial charge in [0.25, 0.3) is 5.91 Å². The molecule has 0 radical (unpaired) electrons. The van der Waals surface area contributed by atoms with Crippen LogP contribution in [0.1, 0.15) is 22.3 Å². The maximum atomic E-state index is 12.9. The number of nitrogens with zero attached hydrogens (tertiary/aromatic N) is 1. The molecule has 2 aromatic carbocycles. The minimum atomic E-state index is -0.0885. The van der Waals surface area contributed by atoms with E-state index in [4.69, 9.17) is 10.5 Å². The molecule has 1 amide bonds. The Balaban J connectivity index is 1.94. The summed E-state index contributed by atoms with van der Waals surface area (Å²) in [6, 6.07) is 12.0. The van der Waals surface area contributed by atoms with E-state index >= 15 is 0 Å². The van der Waals surface area contributed by atoms with Crippen LogP contribution in [0.25, 0.3) is 10.8 Å². The Morgan fingerprint density at radius 1 is 1.23 bits per heavy atom. The molecular formula is C18H22N2O2. The molecule has 2 atom stereocenters. The van der Waals surface area contributed by atoms with Crippen LogP contribution in [0.3, 0.4) is 0 Å². The van der Waals surface area contributed by atoms with Crippen molar-refractivity contribution in [3.63, 3.8) is 0 Å². The second kappa shape index (κ2) is 6.07. The third-order valence-electron chi connectivity index (χ3n) is 4.57. The Morgan fingerprint density at radius 2 is 1.95 bits per heavy atom. The van der Waals surface area contributed by atoms with Crippen molar-refractivity contribution in [2.45, 2.75) is 25.5 Å². The Morgan fingerprint density at radius 3 is 2.68 bits per heavy atom. The topological polar surface area (TPSA) is 55.6 Å². The molecule has 3 rings (SSSR count). The van der Waals surface area contributed by atoms with Gasteiger partial charge in [0.2, 0.25) is 0 Å². The fraction of sp³-hybridized carbons (Fsp3) is 0.389. The molecule has 0 aromatic heterocycles. The van der Waals surface area contributed by atoms with Gasteiger partial charge in [-0.2, -0.15) is 0 Å². The zero-order valence-corrected chi connectivity index (χ0v) is 13.1. The molecule has 116 valence electrons. The van der Waals surface area contributed by atoms with Crippen molar-refractivity contribution in [3.05, 3.63) is 47.5 Å². The summed E-state index contributed by atoms with van der Waals surface area (Å²) in [5, 5.41) is 2.14. The van der Waals surface area contributed by atoms with E-state index in [1.54, 1.807) is 7.11 Å². The van der Waals surface area contributed by atoms with Crippen LogP contribution in [0.5, 0.6) is 0 Å². The summed E-state index contributed by atoms with van der Waals surface area (Å²) < 4.78 is 5.41. The molecule has 2 N–H and O–H groups in total. The summed E-state index contributed by atoms with van der Waals surface area (Å²) >= 11 is 0. The molecule has 0 saturated carbocycles. The zero-order valence-electron chi connectivity index (χ0n) is 13.1. The highest BCUT2D eigenvalue weighted by Crippen LogP contribution is 2.24. The predicted octanol–water partition coefficient (Wildman–Crippen LogP) is 2.34. The number of aryl methyl sites for hydroxylation is 1. The molecule has 4 heteroatoms. The van der Waals surface area contributed by atoms with Crippen LogP contribution in [0.4, 0.5) is 0 Å². The third-order valence-corrected chi connectivity index (χ3v) is 4.57. The van der Waals surface area contributed by atoms with Gasteiger partial charge in [-0.3, -0.25) is 4.79 Å². The van der Waals surface area contributed by atoms with E-state index in [1.807, 2.05) is 35.2 Å². The first-order valence-corrected chi connectivity index (χ1v) is 7.68. The van der Waals surface area contributed by atoms with Crippen molar-refractivity contribution < 1.29 is 9.53 Å². The third kappa shape index (κ3) is 2.60. The monoisotopic (exact) mass is 298 g/mol. The van der Waals surface area contributed by atoms with Crippen molar-refractivity contribution in [2.24, 2.45) is 5.73 Å². The molecule has 0 aliphatic carbocycles. The average Bonchev–Trinajstić information content (AvgIpc) is 2.55. The Hall–Kier alpha value is -1.91. The zero-order chi connectivity index (χ0) is 15.7. The van der Waals surface area contributed by atoms with Gasteiger partial charge in [0.05, 0.1) is 6.10 Å². The summed E-state index contributed by atoms with van der Waals surface area (Å²) in [6.45, 7) is 3.30. The number of benzene rings is 2. The number of fused-ring (bicyclic) bond motifs is 1. The summed E-state index contributed by atoms with van der Waals surface area (Å²) in [5.74, 6) is 0.0603. The first kappa shape index (κ1) is 15.0. The van der Waals surface area contributed by atoms with Gasteiger partial charge in [-0.05, 0) is 35.7 Å². The van der Waals surface area contributed by atoms with Crippen molar-refractivity contribution in [3.8, 4) is 0 Å². The molecule has 0 bridgehead atoms. The Bertz CT molecular complexity index is 699. The normalized spacial score (nSPS) is 22.0. The number of carbonyl (C=O) groups is 1.